The SMILES string of the molecule is CSCC[C@H]1N[C@]2(C(=O)Nc3c(Cl)cccc32)[C@@H]2C(=O)N(CCc3ccccc3)C(=O)[C@H]21. The van der Waals surface area contributed by atoms with E-state index in [2.05, 4.69) is 10.6 Å². The van der Waals surface area contributed by atoms with Crippen molar-refractivity contribution in [2.75, 3.05) is 23.9 Å². The number of thioether (sulfide) groups is 1. The third-order valence-corrected chi connectivity index (χ3v) is 7.85. The fourth-order valence-electron chi connectivity index (χ4n) is 5.45. The van der Waals surface area contributed by atoms with E-state index in [-0.39, 0.29) is 23.8 Å². The van der Waals surface area contributed by atoms with Gasteiger partial charge >= 0.3 is 0 Å². The van der Waals surface area contributed by atoms with Gasteiger partial charge in [-0.15, -0.1) is 0 Å². The smallest absolute Gasteiger partial charge is 0.250 e. The summed E-state index contributed by atoms with van der Waals surface area (Å²) in [4.78, 5) is 42.0. The number of para-hydroxylation sites is 1. The molecule has 2 aromatic carbocycles. The lowest BCUT2D eigenvalue weighted by Crippen LogP contribution is -2.53. The minimum atomic E-state index is -1.28. The molecule has 0 unspecified atom stereocenters. The van der Waals surface area contributed by atoms with Crippen molar-refractivity contribution < 1.29 is 14.4 Å². The van der Waals surface area contributed by atoms with Crippen molar-refractivity contribution in [3.8, 4) is 0 Å². The molecular weight excluding hydrogens is 446 g/mol. The van der Waals surface area contributed by atoms with Gasteiger partial charge in [-0.1, -0.05) is 54.1 Å². The first-order valence-electron chi connectivity index (χ1n) is 10.7. The zero-order valence-electron chi connectivity index (χ0n) is 17.6. The molecular formula is C24H24ClN3O3S. The van der Waals surface area contributed by atoms with Gasteiger partial charge < -0.3 is 5.32 Å². The van der Waals surface area contributed by atoms with Crippen molar-refractivity contribution in [3.63, 3.8) is 0 Å². The number of imide groups is 1. The fraction of sp³-hybridized carbons (Fsp3) is 0.375. The average molecular weight is 470 g/mol. The molecule has 0 aromatic heterocycles. The first-order chi connectivity index (χ1) is 15.5. The first kappa shape index (κ1) is 21.5. The van der Waals surface area contributed by atoms with E-state index in [1.165, 1.54) is 4.90 Å². The van der Waals surface area contributed by atoms with E-state index in [9.17, 15) is 14.4 Å². The van der Waals surface area contributed by atoms with Gasteiger partial charge in [-0.05, 0) is 36.5 Å². The monoisotopic (exact) mass is 469 g/mol. The average Bonchev–Trinajstić information content (AvgIpc) is 3.38. The van der Waals surface area contributed by atoms with Crippen molar-refractivity contribution in [1.82, 2.24) is 10.2 Å². The number of carbonyl (C=O) groups is 3. The number of nitrogens with zero attached hydrogens (tertiary/aromatic N) is 1. The molecule has 0 bridgehead atoms. The molecule has 0 aliphatic carbocycles. The number of hydrogen-bond acceptors (Lipinski definition) is 5. The molecule has 2 N–H and O–H groups in total. The molecule has 8 heteroatoms. The summed E-state index contributed by atoms with van der Waals surface area (Å²) in [6.07, 6.45) is 3.29. The first-order valence-corrected chi connectivity index (χ1v) is 12.5. The number of rotatable bonds is 6. The van der Waals surface area contributed by atoms with Crippen molar-refractivity contribution in [3.05, 3.63) is 64.7 Å². The second-order valence-electron chi connectivity index (χ2n) is 8.52. The predicted molar refractivity (Wildman–Crippen MR) is 126 cm³/mol. The van der Waals surface area contributed by atoms with E-state index < -0.39 is 17.4 Å². The highest BCUT2D eigenvalue weighted by Gasteiger charge is 2.70. The van der Waals surface area contributed by atoms with Crippen molar-refractivity contribution in [2.24, 2.45) is 11.8 Å². The van der Waals surface area contributed by atoms with Crippen LogP contribution in [-0.2, 0) is 26.3 Å². The van der Waals surface area contributed by atoms with Gasteiger partial charge in [0.15, 0.2) is 0 Å². The van der Waals surface area contributed by atoms with E-state index in [1.54, 1.807) is 23.9 Å². The van der Waals surface area contributed by atoms with Crippen LogP contribution in [0.4, 0.5) is 5.69 Å². The Morgan fingerprint density at radius 1 is 1.06 bits per heavy atom. The third kappa shape index (κ3) is 3.10. The van der Waals surface area contributed by atoms with Crippen LogP contribution < -0.4 is 10.6 Å². The Kier molecular flexibility index (Phi) is 5.51. The Labute approximate surface area is 196 Å². The van der Waals surface area contributed by atoms with Crippen LogP contribution in [0.25, 0.3) is 0 Å². The number of carbonyl (C=O) groups excluding carboxylic acids is 3. The lowest BCUT2D eigenvalue weighted by Gasteiger charge is -2.29. The summed E-state index contributed by atoms with van der Waals surface area (Å²) < 4.78 is 0. The van der Waals surface area contributed by atoms with Gasteiger partial charge in [-0.3, -0.25) is 24.6 Å². The molecule has 3 aliphatic heterocycles. The summed E-state index contributed by atoms with van der Waals surface area (Å²) in [5.41, 5.74) is 0.969. The van der Waals surface area contributed by atoms with E-state index in [1.807, 2.05) is 42.7 Å². The zero-order chi connectivity index (χ0) is 22.5. The minimum absolute atomic E-state index is 0.185. The Morgan fingerprint density at radius 3 is 2.59 bits per heavy atom. The number of halogens is 1. The van der Waals surface area contributed by atoms with Crippen LogP contribution in [-0.4, -0.2) is 47.2 Å². The van der Waals surface area contributed by atoms with Crippen LogP contribution in [0.1, 0.15) is 17.5 Å². The Morgan fingerprint density at radius 2 is 1.84 bits per heavy atom. The van der Waals surface area contributed by atoms with Crippen LogP contribution in [0, 0.1) is 11.8 Å². The van der Waals surface area contributed by atoms with Gasteiger partial charge in [0.05, 0.1) is 22.5 Å². The predicted octanol–water partition coefficient (Wildman–Crippen LogP) is 3.06. The number of hydrogen-bond donors (Lipinski definition) is 2. The second kappa shape index (κ2) is 8.21. The van der Waals surface area contributed by atoms with E-state index in [4.69, 9.17) is 11.6 Å². The zero-order valence-corrected chi connectivity index (χ0v) is 19.2. The minimum Gasteiger partial charge on any atom is -0.323 e. The molecule has 2 fully saturated rings. The maximum absolute atomic E-state index is 13.7. The van der Waals surface area contributed by atoms with Gasteiger partial charge in [0.2, 0.25) is 17.7 Å². The fourth-order valence-corrected chi connectivity index (χ4v) is 6.16. The normalized spacial score (nSPS) is 28.4. The lowest BCUT2D eigenvalue weighted by molar-refractivity contribution is -0.142. The highest BCUT2D eigenvalue weighted by atomic mass is 35.5. The van der Waals surface area contributed by atoms with Gasteiger partial charge in [0.25, 0.3) is 0 Å². The number of benzene rings is 2. The third-order valence-electron chi connectivity index (χ3n) is 6.89. The molecule has 166 valence electrons. The number of anilines is 1. The summed E-state index contributed by atoms with van der Waals surface area (Å²) in [7, 11) is 0. The van der Waals surface area contributed by atoms with Gasteiger partial charge in [-0.25, -0.2) is 0 Å². The molecule has 2 aromatic rings. The Balaban J connectivity index is 1.53. The van der Waals surface area contributed by atoms with E-state index in [0.29, 0.717) is 35.7 Å². The van der Waals surface area contributed by atoms with Gasteiger partial charge in [0, 0.05) is 18.2 Å². The number of nitrogens with one attached hydrogen (secondary N) is 2. The Bertz CT molecular complexity index is 1100. The molecule has 3 aliphatic rings. The topological polar surface area (TPSA) is 78.5 Å². The molecule has 32 heavy (non-hydrogen) atoms. The second-order valence-corrected chi connectivity index (χ2v) is 9.92. The largest absolute Gasteiger partial charge is 0.323 e. The van der Waals surface area contributed by atoms with Gasteiger partial charge in [0.1, 0.15) is 5.54 Å². The molecule has 6 nitrogen and oxygen atoms in total. The molecule has 3 amide bonds. The highest BCUT2D eigenvalue weighted by molar-refractivity contribution is 7.98. The molecule has 1 spiro atoms. The highest BCUT2D eigenvalue weighted by Crippen LogP contribution is 2.54. The summed E-state index contributed by atoms with van der Waals surface area (Å²) in [5.74, 6) is -1.30. The van der Waals surface area contributed by atoms with E-state index >= 15 is 0 Å². The van der Waals surface area contributed by atoms with Crippen LogP contribution in [0.15, 0.2) is 48.5 Å². The maximum Gasteiger partial charge on any atom is 0.250 e. The molecule has 5 rings (SSSR count). The number of amides is 3. The van der Waals surface area contributed by atoms with Crippen LogP contribution in [0.3, 0.4) is 0 Å². The van der Waals surface area contributed by atoms with Crippen molar-refractivity contribution >= 4 is 46.8 Å². The maximum atomic E-state index is 13.7. The molecule has 0 radical (unpaired) electrons. The van der Waals surface area contributed by atoms with Crippen molar-refractivity contribution in [2.45, 2.75) is 24.4 Å². The van der Waals surface area contributed by atoms with E-state index in [0.717, 1.165) is 11.3 Å². The van der Waals surface area contributed by atoms with Crippen LogP contribution in [0.5, 0.6) is 0 Å². The lowest BCUT2D eigenvalue weighted by atomic mass is 9.76. The summed E-state index contributed by atoms with van der Waals surface area (Å²) in [6, 6.07) is 14.8. The molecule has 4 atom stereocenters. The molecule has 2 saturated heterocycles. The molecule has 0 saturated carbocycles. The summed E-state index contributed by atoms with van der Waals surface area (Å²) >= 11 is 8.04. The summed E-state index contributed by atoms with van der Waals surface area (Å²) in [5, 5.41) is 6.74. The van der Waals surface area contributed by atoms with Crippen LogP contribution >= 0.6 is 23.4 Å². The quantitative estimate of drug-likeness (QED) is 0.636. The van der Waals surface area contributed by atoms with Crippen molar-refractivity contribution in [1.29, 1.82) is 0 Å². The standard InChI is InChI=1S/C24H24ClN3O3S/c1-32-13-11-17-18-19(22(30)28(21(18)29)12-10-14-6-3-2-4-7-14)24(27-17)15-8-5-9-16(25)20(15)26-23(24)31/h2-9,17-19,27H,10-13H2,1H3,(H,26,31)/t17-,18+,19+,24+/m1/s1. The summed E-state index contributed by atoms with van der Waals surface area (Å²) in [6.45, 7) is 0.310. The number of likely N-dealkylation sites (tertiary alicyclic amines) is 1. The Hall–Kier alpha value is -2.35. The number of fused-ring (bicyclic) bond motifs is 4. The molecule has 3 heterocycles. The van der Waals surface area contributed by atoms with Gasteiger partial charge in [-0.2, -0.15) is 11.8 Å². The van der Waals surface area contributed by atoms with Crippen LogP contribution in [0.2, 0.25) is 5.02 Å².